The second-order valence-corrected chi connectivity index (χ2v) is 4.79. The van der Waals surface area contributed by atoms with Gasteiger partial charge in [-0.05, 0) is 32.4 Å². The predicted molar refractivity (Wildman–Crippen MR) is 70.5 cm³/mol. The third-order valence-electron chi connectivity index (χ3n) is 3.51. The summed E-state index contributed by atoms with van der Waals surface area (Å²) in [5.41, 5.74) is 5.53. The van der Waals surface area contributed by atoms with Crippen LogP contribution < -0.4 is 5.73 Å². The molecule has 18 heavy (non-hydrogen) atoms. The summed E-state index contributed by atoms with van der Waals surface area (Å²) in [6.07, 6.45) is 3.04. The molecular weight excluding hydrogens is 232 g/mol. The number of oxime groups is 1. The Morgan fingerprint density at radius 3 is 2.61 bits per heavy atom. The minimum atomic E-state index is -0.515. The van der Waals surface area contributed by atoms with Gasteiger partial charge in [-0.1, -0.05) is 12.1 Å². The van der Waals surface area contributed by atoms with Crippen LogP contribution in [0.5, 0.6) is 0 Å². The van der Waals surface area contributed by atoms with Gasteiger partial charge in [0, 0.05) is 20.1 Å². The highest BCUT2D eigenvalue weighted by molar-refractivity contribution is 6.01. The molecule has 1 saturated heterocycles. The average molecular weight is 256 g/mol. The summed E-state index contributed by atoms with van der Waals surface area (Å²) in [6.45, 7) is 5.69. The minimum absolute atomic E-state index is 0.00415. The Bertz CT molecular complexity index is 300. The third kappa shape index (κ3) is 3.87. The normalized spacial score (nSPS) is 18.9. The van der Waals surface area contributed by atoms with Crippen molar-refractivity contribution in [3.8, 4) is 0 Å². The SMILES string of the molecule is CCC(C(=O)N(C)CCN1CCCC1)C(N)=NO. The van der Waals surface area contributed by atoms with Gasteiger partial charge in [0.2, 0.25) is 5.91 Å². The number of hydrogen-bond donors (Lipinski definition) is 2. The predicted octanol–water partition coefficient (Wildman–Crippen LogP) is 0.313. The monoisotopic (exact) mass is 256 g/mol. The topological polar surface area (TPSA) is 82.2 Å². The van der Waals surface area contributed by atoms with Crippen molar-refractivity contribution in [3.63, 3.8) is 0 Å². The van der Waals surface area contributed by atoms with Crippen LogP contribution >= 0.6 is 0 Å². The Morgan fingerprint density at radius 2 is 2.11 bits per heavy atom. The first kappa shape index (κ1) is 14.8. The first-order valence-corrected chi connectivity index (χ1v) is 6.54. The van der Waals surface area contributed by atoms with Gasteiger partial charge in [0.15, 0.2) is 5.84 Å². The molecule has 1 aliphatic heterocycles. The molecule has 1 atom stereocenters. The molecule has 3 N–H and O–H groups in total. The van der Waals surface area contributed by atoms with E-state index in [1.165, 1.54) is 12.8 Å². The second-order valence-electron chi connectivity index (χ2n) is 4.79. The molecule has 0 radical (unpaired) electrons. The van der Waals surface area contributed by atoms with Crippen molar-refractivity contribution < 1.29 is 10.0 Å². The van der Waals surface area contributed by atoms with E-state index in [4.69, 9.17) is 10.9 Å². The van der Waals surface area contributed by atoms with Crippen LogP contribution in [-0.4, -0.2) is 60.0 Å². The fourth-order valence-corrected chi connectivity index (χ4v) is 2.25. The van der Waals surface area contributed by atoms with Crippen LogP contribution in [0.25, 0.3) is 0 Å². The molecule has 6 nitrogen and oxygen atoms in total. The van der Waals surface area contributed by atoms with Crippen LogP contribution in [0.4, 0.5) is 0 Å². The summed E-state index contributed by atoms with van der Waals surface area (Å²) in [5, 5.41) is 11.6. The van der Waals surface area contributed by atoms with Crippen LogP contribution in [0.15, 0.2) is 5.16 Å². The summed E-state index contributed by atoms with van der Waals surface area (Å²) >= 11 is 0. The van der Waals surface area contributed by atoms with Gasteiger partial charge < -0.3 is 20.7 Å². The highest BCUT2D eigenvalue weighted by Gasteiger charge is 2.24. The Kier molecular flexibility index (Phi) is 5.91. The number of likely N-dealkylation sites (tertiary alicyclic amines) is 1. The lowest BCUT2D eigenvalue weighted by molar-refractivity contribution is -0.132. The zero-order valence-electron chi connectivity index (χ0n) is 11.3. The molecule has 0 aromatic carbocycles. The lowest BCUT2D eigenvalue weighted by Crippen LogP contribution is -2.42. The number of amides is 1. The molecule has 0 saturated carbocycles. The molecule has 1 aliphatic rings. The molecule has 0 aromatic heterocycles. The van der Waals surface area contributed by atoms with E-state index in [1.54, 1.807) is 11.9 Å². The van der Waals surface area contributed by atoms with E-state index in [-0.39, 0.29) is 11.7 Å². The summed E-state index contributed by atoms with van der Waals surface area (Å²) in [4.78, 5) is 16.1. The molecule has 1 fully saturated rings. The first-order valence-electron chi connectivity index (χ1n) is 6.54. The van der Waals surface area contributed by atoms with E-state index in [2.05, 4.69) is 10.1 Å². The van der Waals surface area contributed by atoms with E-state index in [0.29, 0.717) is 13.0 Å². The van der Waals surface area contributed by atoms with E-state index >= 15 is 0 Å². The molecule has 1 heterocycles. The number of amidine groups is 1. The number of rotatable bonds is 6. The van der Waals surface area contributed by atoms with Crippen molar-refractivity contribution >= 4 is 11.7 Å². The number of hydrogen-bond acceptors (Lipinski definition) is 4. The van der Waals surface area contributed by atoms with Crippen molar-refractivity contribution in [3.05, 3.63) is 0 Å². The minimum Gasteiger partial charge on any atom is -0.409 e. The molecule has 1 rings (SSSR count). The smallest absolute Gasteiger partial charge is 0.233 e. The maximum Gasteiger partial charge on any atom is 0.233 e. The maximum atomic E-state index is 12.1. The third-order valence-corrected chi connectivity index (χ3v) is 3.51. The second kappa shape index (κ2) is 7.20. The lowest BCUT2D eigenvalue weighted by Gasteiger charge is -2.24. The van der Waals surface area contributed by atoms with Crippen molar-refractivity contribution in [2.24, 2.45) is 16.8 Å². The van der Waals surface area contributed by atoms with Gasteiger partial charge in [-0.2, -0.15) is 0 Å². The highest BCUT2D eigenvalue weighted by Crippen LogP contribution is 2.09. The molecular formula is C12H24N4O2. The molecule has 104 valence electrons. The Balaban J connectivity index is 2.43. The summed E-state index contributed by atoms with van der Waals surface area (Å²) < 4.78 is 0. The van der Waals surface area contributed by atoms with Gasteiger partial charge in [0.1, 0.15) is 0 Å². The summed E-state index contributed by atoms with van der Waals surface area (Å²) in [6, 6.07) is 0. The average Bonchev–Trinajstić information content (AvgIpc) is 2.89. The Hall–Kier alpha value is -1.30. The molecule has 0 aromatic rings. The number of carbonyl (C=O) groups is 1. The van der Waals surface area contributed by atoms with E-state index in [0.717, 1.165) is 19.6 Å². The zero-order chi connectivity index (χ0) is 13.5. The van der Waals surface area contributed by atoms with Crippen molar-refractivity contribution in [2.75, 3.05) is 33.2 Å². The Labute approximate surface area is 108 Å². The quantitative estimate of drug-likeness (QED) is 0.310. The van der Waals surface area contributed by atoms with E-state index in [1.807, 2.05) is 6.92 Å². The van der Waals surface area contributed by atoms with Crippen LogP contribution in [0, 0.1) is 5.92 Å². The summed E-state index contributed by atoms with van der Waals surface area (Å²) in [7, 11) is 1.77. The standard InChI is InChI=1S/C12H24N4O2/c1-3-10(11(13)14-18)12(17)15(2)8-9-16-6-4-5-7-16/h10,18H,3-9H2,1-2H3,(H2,13,14). The van der Waals surface area contributed by atoms with E-state index < -0.39 is 5.92 Å². The molecule has 0 bridgehead atoms. The van der Waals surface area contributed by atoms with Gasteiger partial charge in [0.25, 0.3) is 0 Å². The lowest BCUT2D eigenvalue weighted by atomic mass is 10.0. The van der Waals surface area contributed by atoms with Crippen molar-refractivity contribution in [1.82, 2.24) is 9.80 Å². The Morgan fingerprint density at radius 1 is 1.50 bits per heavy atom. The molecule has 0 aliphatic carbocycles. The van der Waals surface area contributed by atoms with Crippen LogP contribution in [0.2, 0.25) is 0 Å². The molecule has 0 spiro atoms. The number of likely N-dealkylation sites (N-methyl/N-ethyl adjacent to an activating group) is 1. The fraction of sp³-hybridized carbons (Fsp3) is 0.833. The largest absolute Gasteiger partial charge is 0.409 e. The van der Waals surface area contributed by atoms with Crippen molar-refractivity contribution in [2.45, 2.75) is 26.2 Å². The number of nitrogens with two attached hydrogens (primary N) is 1. The van der Waals surface area contributed by atoms with Gasteiger partial charge in [0.05, 0.1) is 5.92 Å². The van der Waals surface area contributed by atoms with E-state index in [9.17, 15) is 4.79 Å². The maximum absolute atomic E-state index is 12.1. The van der Waals surface area contributed by atoms with Gasteiger partial charge in [-0.3, -0.25) is 4.79 Å². The molecule has 1 unspecified atom stereocenters. The van der Waals surface area contributed by atoms with Gasteiger partial charge in [-0.15, -0.1) is 0 Å². The van der Waals surface area contributed by atoms with Gasteiger partial charge in [-0.25, -0.2) is 0 Å². The van der Waals surface area contributed by atoms with Gasteiger partial charge >= 0.3 is 0 Å². The fourth-order valence-electron chi connectivity index (χ4n) is 2.25. The summed E-state index contributed by atoms with van der Waals surface area (Å²) in [5.74, 6) is -0.596. The van der Waals surface area contributed by atoms with Crippen molar-refractivity contribution in [1.29, 1.82) is 0 Å². The van der Waals surface area contributed by atoms with Crippen LogP contribution in [0.3, 0.4) is 0 Å². The van der Waals surface area contributed by atoms with Crippen LogP contribution in [-0.2, 0) is 4.79 Å². The highest BCUT2D eigenvalue weighted by atomic mass is 16.4. The molecule has 1 amide bonds. The zero-order valence-corrected chi connectivity index (χ0v) is 11.3. The first-order chi connectivity index (χ1) is 8.60. The number of nitrogens with zero attached hydrogens (tertiary/aromatic N) is 3. The van der Waals surface area contributed by atoms with Crippen LogP contribution in [0.1, 0.15) is 26.2 Å². The molecule has 6 heteroatoms. The number of carbonyl (C=O) groups excluding carboxylic acids is 1.